The van der Waals surface area contributed by atoms with E-state index >= 15 is 0 Å². The summed E-state index contributed by atoms with van der Waals surface area (Å²) in [5.41, 5.74) is 3.40. The third-order valence-corrected chi connectivity index (χ3v) is 5.98. The minimum absolute atomic E-state index is 0.0278. The van der Waals surface area contributed by atoms with Crippen molar-refractivity contribution in [1.29, 1.82) is 0 Å². The van der Waals surface area contributed by atoms with Gasteiger partial charge in [0.25, 0.3) is 5.56 Å². The van der Waals surface area contributed by atoms with Gasteiger partial charge in [0.05, 0.1) is 24.6 Å². The second-order valence-corrected chi connectivity index (χ2v) is 8.62. The molecule has 0 amide bonds. The molecule has 1 atom stereocenters. The van der Waals surface area contributed by atoms with Crippen molar-refractivity contribution < 1.29 is 14.3 Å². The highest BCUT2D eigenvalue weighted by Crippen LogP contribution is 2.24. The summed E-state index contributed by atoms with van der Waals surface area (Å²) in [4.78, 5) is 30.5. The molecule has 0 radical (unpaired) electrons. The number of carbonyl (C=O) groups excluding carboxylic acids is 1. The highest BCUT2D eigenvalue weighted by Gasteiger charge is 2.23. The summed E-state index contributed by atoms with van der Waals surface area (Å²) in [6, 6.07) is 22.5. The normalized spacial score (nSPS) is 11.9. The fraction of sp³-hybridized carbons (Fsp3) is 0.276. The average molecular weight is 471 g/mol. The molecule has 1 aromatic heterocycles. The Morgan fingerprint density at radius 2 is 1.77 bits per heavy atom. The van der Waals surface area contributed by atoms with Gasteiger partial charge in [-0.2, -0.15) is 0 Å². The van der Waals surface area contributed by atoms with Crippen LogP contribution >= 0.6 is 0 Å². The van der Waals surface area contributed by atoms with Crippen LogP contribution < -0.4 is 10.3 Å². The predicted octanol–water partition coefficient (Wildman–Crippen LogP) is 5.39. The zero-order valence-electron chi connectivity index (χ0n) is 20.4. The Morgan fingerprint density at radius 1 is 1.03 bits per heavy atom. The number of carbonyl (C=O) groups is 1. The number of esters is 1. The number of hydrogen-bond acceptors (Lipinski definition) is 5. The highest BCUT2D eigenvalue weighted by molar-refractivity contribution is 5.78. The molecule has 0 saturated heterocycles. The molecule has 0 spiro atoms. The van der Waals surface area contributed by atoms with Crippen LogP contribution in [0.25, 0.3) is 10.9 Å². The minimum Gasteiger partial charge on any atom is -0.474 e. The lowest BCUT2D eigenvalue weighted by atomic mass is 10.1. The Balaban J connectivity index is 1.61. The van der Waals surface area contributed by atoms with Crippen molar-refractivity contribution in [3.8, 4) is 5.75 Å². The van der Waals surface area contributed by atoms with E-state index in [2.05, 4.69) is 6.92 Å². The van der Waals surface area contributed by atoms with Crippen molar-refractivity contribution in [2.45, 2.75) is 45.8 Å². The van der Waals surface area contributed by atoms with E-state index in [1.807, 2.05) is 79.7 Å². The number of benzene rings is 3. The van der Waals surface area contributed by atoms with Crippen molar-refractivity contribution in [2.75, 3.05) is 7.11 Å². The number of fused-ring (bicyclic) bond motifs is 1. The predicted molar refractivity (Wildman–Crippen MR) is 137 cm³/mol. The zero-order valence-corrected chi connectivity index (χ0v) is 20.4. The van der Waals surface area contributed by atoms with Crippen LogP contribution in [-0.2, 0) is 22.5 Å². The molecule has 3 aromatic carbocycles. The molecule has 6 heteroatoms. The highest BCUT2D eigenvalue weighted by atomic mass is 16.6. The van der Waals surface area contributed by atoms with E-state index in [9.17, 15) is 9.59 Å². The van der Waals surface area contributed by atoms with E-state index in [0.717, 1.165) is 41.7 Å². The first-order valence-corrected chi connectivity index (χ1v) is 11.9. The van der Waals surface area contributed by atoms with Gasteiger partial charge in [0.15, 0.2) is 0 Å². The number of rotatable bonds is 9. The molecule has 0 bridgehead atoms. The van der Waals surface area contributed by atoms with Crippen molar-refractivity contribution in [1.82, 2.24) is 9.55 Å². The summed E-state index contributed by atoms with van der Waals surface area (Å²) in [7, 11) is 1.34. The van der Waals surface area contributed by atoms with E-state index in [0.29, 0.717) is 23.2 Å². The SMILES string of the molecule is CCCCc1nc2ccc(C)cc2c(=O)n1Cc1ccc(OC(C(=O)OC)c2ccccc2)cc1. The van der Waals surface area contributed by atoms with Crippen LogP contribution in [0.4, 0.5) is 0 Å². The van der Waals surface area contributed by atoms with E-state index < -0.39 is 12.1 Å². The van der Waals surface area contributed by atoms with Crippen LogP contribution in [-0.4, -0.2) is 22.6 Å². The minimum atomic E-state index is -0.858. The monoisotopic (exact) mass is 470 g/mol. The van der Waals surface area contributed by atoms with E-state index in [1.165, 1.54) is 7.11 Å². The van der Waals surface area contributed by atoms with Gasteiger partial charge < -0.3 is 9.47 Å². The lowest BCUT2D eigenvalue weighted by Gasteiger charge is -2.18. The third kappa shape index (κ3) is 5.60. The maximum Gasteiger partial charge on any atom is 0.351 e. The molecule has 0 saturated carbocycles. The molecule has 6 nitrogen and oxygen atoms in total. The quantitative estimate of drug-likeness (QED) is 0.307. The van der Waals surface area contributed by atoms with E-state index in [1.54, 1.807) is 4.57 Å². The van der Waals surface area contributed by atoms with Crippen LogP contribution in [0.3, 0.4) is 0 Å². The number of ether oxygens (including phenoxy) is 2. The van der Waals surface area contributed by atoms with Crippen LogP contribution in [0.1, 0.15) is 48.4 Å². The Bertz CT molecular complexity index is 1360. The van der Waals surface area contributed by atoms with E-state index in [4.69, 9.17) is 14.5 Å². The number of nitrogens with zero attached hydrogens (tertiary/aromatic N) is 2. The van der Waals surface area contributed by atoms with Gasteiger partial charge in [-0.3, -0.25) is 9.36 Å². The molecular weight excluding hydrogens is 440 g/mol. The maximum atomic E-state index is 13.4. The number of aromatic nitrogens is 2. The first-order valence-electron chi connectivity index (χ1n) is 11.9. The largest absolute Gasteiger partial charge is 0.474 e. The van der Waals surface area contributed by atoms with Gasteiger partial charge in [-0.25, -0.2) is 9.78 Å². The Hall–Kier alpha value is -3.93. The fourth-order valence-corrected chi connectivity index (χ4v) is 4.05. The Labute approximate surface area is 205 Å². The Kier molecular flexibility index (Phi) is 7.60. The van der Waals surface area contributed by atoms with Crippen LogP contribution in [0.15, 0.2) is 77.6 Å². The van der Waals surface area contributed by atoms with Crippen molar-refractivity contribution in [3.05, 3.63) is 106 Å². The van der Waals surface area contributed by atoms with E-state index in [-0.39, 0.29) is 5.56 Å². The van der Waals surface area contributed by atoms with Crippen molar-refractivity contribution in [3.63, 3.8) is 0 Å². The molecule has 4 aromatic rings. The molecule has 0 N–H and O–H groups in total. The summed E-state index contributed by atoms with van der Waals surface area (Å²) in [6.07, 6.45) is 1.87. The summed E-state index contributed by atoms with van der Waals surface area (Å²) < 4.78 is 12.7. The molecule has 180 valence electrons. The number of hydrogen-bond donors (Lipinski definition) is 0. The van der Waals surface area contributed by atoms with Crippen molar-refractivity contribution >= 4 is 16.9 Å². The van der Waals surface area contributed by atoms with Gasteiger partial charge in [0.1, 0.15) is 11.6 Å². The first-order chi connectivity index (χ1) is 17.0. The first kappa shape index (κ1) is 24.2. The molecule has 0 aliphatic carbocycles. The van der Waals surface area contributed by atoms with Gasteiger partial charge in [-0.15, -0.1) is 0 Å². The van der Waals surface area contributed by atoms with Crippen LogP contribution in [0.5, 0.6) is 5.75 Å². The summed E-state index contributed by atoms with van der Waals surface area (Å²) in [6.45, 7) is 4.51. The number of aryl methyl sites for hydroxylation is 2. The van der Waals surface area contributed by atoms with Gasteiger partial charge >= 0.3 is 5.97 Å². The summed E-state index contributed by atoms with van der Waals surface area (Å²) in [5, 5.41) is 0.633. The molecular formula is C29H30N2O4. The molecule has 35 heavy (non-hydrogen) atoms. The fourth-order valence-electron chi connectivity index (χ4n) is 4.05. The number of unbranched alkanes of at least 4 members (excludes halogenated alkanes) is 1. The third-order valence-electron chi connectivity index (χ3n) is 5.98. The molecule has 0 aliphatic heterocycles. The molecule has 4 rings (SSSR count). The summed E-state index contributed by atoms with van der Waals surface area (Å²) in [5.74, 6) is 0.868. The molecule has 1 unspecified atom stereocenters. The zero-order chi connectivity index (χ0) is 24.8. The number of methoxy groups -OCH3 is 1. The van der Waals surface area contributed by atoms with Gasteiger partial charge in [-0.1, -0.05) is 67.4 Å². The average Bonchev–Trinajstić information content (AvgIpc) is 2.89. The second-order valence-electron chi connectivity index (χ2n) is 8.62. The second kappa shape index (κ2) is 11.0. The topological polar surface area (TPSA) is 70.4 Å². The van der Waals surface area contributed by atoms with Gasteiger partial charge in [0, 0.05) is 12.0 Å². The molecule has 1 heterocycles. The molecule has 0 aliphatic rings. The lowest BCUT2D eigenvalue weighted by molar-refractivity contribution is -0.149. The van der Waals surface area contributed by atoms with Crippen LogP contribution in [0, 0.1) is 6.92 Å². The Morgan fingerprint density at radius 3 is 2.46 bits per heavy atom. The van der Waals surface area contributed by atoms with Crippen molar-refractivity contribution in [2.24, 2.45) is 0 Å². The van der Waals surface area contributed by atoms with Gasteiger partial charge in [-0.05, 0) is 43.2 Å². The lowest BCUT2D eigenvalue weighted by Crippen LogP contribution is -2.26. The summed E-state index contributed by atoms with van der Waals surface area (Å²) >= 11 is 0. The standard InChI is InChI=1S/C29H30N2O4/c1-4-5-11-26-30-25-17-12-20(2)18-24(25)28(32)31(26)19-21-13-15-23(16-14-21)35-27(29(33)34-3)22-9-7-6-8-10-22/h6-10,12-18,27H,4-5,11,19H2,1-3H3. The maximum absolute atomic E-state index is 13.4. The smallest absolute Gasteiger partial charge is 0.351 e. The molecule has 0 fully saturated rings. The van der Waals surface area contributed by atoms with Gasteiger partial charge in [0.2, 0.25) is 6.10 Å². The van der Waals surface area contributed by atoms with Crippen LogP contribution in [0.2, 0.25) is 0 Å².